The average molecular weight is 273 g/mol. The number of carboxylic acids is 1. The second-order valence-corrected chi connectivity index (χ2v) is 4.68. The standard InChI is InChI=1S/C12H23N3O4/c1-2-3-10(11(17)18)13-12(19)15-6-4-14(5-7-15)8-9-16/h10,16H,2-9H2,1H3,(H,13,19)(H,17,18)/t10-/m0/s1. The van der Waals surface area contributed by atoms with E-state index in [1.54, 1.807) is 4.90 Å². The number of carboxylic acid groups (broad SMARTS) is 1. The van der Waals surface area contributed by atoms with Gasteiger partial charge in [-0.15, -0.1) is 0 Å². The maximum absolute atomic E-state index is 11.9. The molecule has 7 nitrogen and oxygen atoms in total. The van der Waals surface area contributed by atoms with Gasteiger partial charge in [-0.3, -0.25) is 4.90 Å². The van der Waals surface area contributed by atoms with Gasteiger partial charge in [0.15, 0.2) is 0 Å². The maximum atomic E-state index is 11.9. The van der Waals surface area contributed by atoms with Crippen LogP contribution >= 0.6 is 0 Å². The highest BCUT2D eigenvalue weighted by Gasteiger charge is 2.25. The highest BCUT2D eigenvalue weighted by atomic mass is 16.4. The second-order valence-electron chi connectivity index (χ2n) is 4.68. The number of urea groups is 1. The summed E-state index contributed by atoms with van der Waals surface area (Å²) in [5.74, 6) is -0.992. The summed E-state index contributed by atoms with van der Waals surface area (Å²) in [7, 11) is 0. The molecule has 0 spiro atoms. The van der Waals surface area contributed by atoms with Crippen molar-refractivity contribution in [2.45, 2.75) is 25.8 Å². The van der Waals surface area contributed by atoms with Gasteiger partial charge in [-0.2, -0.15) is 0 Å². The van der Waals surface area contributed by atoms with Gasteiger partial charge in [0.25, 0.3) is 0 Å². The van der Waals surface area contributed by atoms with Crippen molar-refractivity contribution in [2.75, 3.05) is 39.3 Å². The fourth-order valence-electron chi connectivity index (χ4n) is 2.10. The molecule has 0 radical (unpaired) electrons. The number of piperazine rings is 1. The van der Waals surface area contributed by atoms with Crippen LogP contribution in [0.1, 0.15) is 19.8 Å². The first-order chi connectivity index (χ1) is 9.08. The third-order valence-electron chi connectivity index (χ3n) is 3.25. The molecule has 19 heavy (non-hydrogen) atoms. The van der Waals surface area contributed by atoms with E-state index in [1.165, 1.54) is 0 Å². The van der Waals surface area contributed by atoms with E-state index in [4.69, 9.17) is 10.2 Å². The summed E-state index contributed by atoms with van der Waals surface area (Å²) in [6, 6.07) is -1.13. The van der Waals surface area contributed by atoms with Crippen molar-refractivity contribution >= 4 is 12.0 Å². The molecule has 1 atom stereocenters. The Balaban J connectivity index is 2.39. The Morgan fingerprint density at radius 2 is 1.89 bits per heavy atom. The number of carbonyl (C=O) groups is 2. The summed E-state index contributed by atoms with van der Waals surface area (Å²) >= 11 is 0. The molecule has 0 aliphatic carbocycles. The molecule has 1 aliphatic heterocycles. The molecule has 110 valence electrons. The summed E-state index contributed by atoms with van der Waals surface area (Å²) in [6.07, 6.45) is 1.15. The van der Waals surface area contributed by atoms with Crippen LogP contribution in [-0.2, 0) is 4.79 Å². The van der Waals surface area contributed by atoms with Gasteiger partial charge in [-0.1, -0.05) is 13.3 Å². The lowest BCUT2D eigenvalue weighted by Gasteiger charge is -2.34. The summed E-state index contributed by atoms with van der Waals surface area (Å²) in [5.41, 5.74) is 0. The number of nitrogens with zero attached hydrogens (tertiary/aromatic N) is 2. The third-order valence-corrected chi connectivity index (χ3v) is 3.25. The van der Waals surface area contributed by atoms with E-state index in [1.807, 2.05) is 6.92 Å². The summed E-state index contributed by atoms with van der Waals surface area (Å²) < 4.78 is 0. The first-order valence-electron chi connectivity index (χ1n) is 6.70. The number of hydrogen-bond acceptors (Lipinski definition) is 4. The Labute approximate surface area is 113 Å². The van der Waals surface area contributed by atoms with Crippen LogP contribution in [0.25, 0.3) is 0 Å². The molecule has 0 aromatic rings. The molecule has 1 aliphatic rings. The van der Waals surface area contributed by atoms with Crippen molar-refractivity contribution in [3.63, 3.8) is 0 Å². The van der Waals surface area contributed by atoms with Crippen molar-refractivity contribution in [2.24, 2.45) is 0 Å². The first kappa shape index (κ1) is 15.7. The summed E-state index contributed by atoms with van der Waals surface area (Å²) in [4.78, 5) is 26.6. The van der Waals surface area contributed by atoms with E-state index < -0.39 is 12.0 Å². The molecule has 0 aromatic carbocycles. The molecule has 7 heteroatoms. The summed E-state index contributed by atoms with van der Waals surface area (Å²) in [6.45, 7) is 5.15. The zero-order valence-electron chi connectivity index (χ0n) is 11.3. The normalized spacial score (nSPS) is 18.1. The van der Waals surface area contributed by atoms with Crippen molar-refractivity contribution in [3.05, 3.63) is 0 Å². The van der Waals surface area contributed by atoms with E-state index in [0.717, 1.165) is 0 Å². The van der Waals surface area contributed by atoms with Crippen molar-refractivity contribution in [1.29, 1.82) is 0 Å². The molecule has 3 N–H and O–H groups in total. The number of rotatable bonds is 6. The predicted molar refractivity (Wildman–Crippen MR) is 70.0 cm³/mol. The lowest BCUT2D eigenvalue weighted by Crippen LogP contribution is -2.54. The monoisotopic (exact) mass is 273 g/mol. The molecule has 0 aromatic heterocycles. The number of nitrogens with one attached hydrogen (secondary N) is 1. The largest absolute Gasteiger partial charge is 0.480 e. The van der Waals surface area contributed by atoms with Gasteiger partial charge in [0.1, 0.15) is 6.04 Å². The number of aliphatic carboxylic acids is 1. The van der Waals surface area contributed by atoms with Crippen LogP contribution < -0.4 is 5.32 Å². The highest BCUT2D eigenvalue weighted by Crippen LogP contribution is 2.04. The zero-order chi connectivity index (χ0) is 14.3. The smallest absolute Gasteiger partial charge is 0.326 e. The Kier molecular flexibility index (Phi) is 6.58. The quantitative estimate of drug-likeness (QED) is 0.610. The minimum atomic E-state index is -0.992. The van der Waals surface area contributed by atoms with Crippen LogP contribution in [0.5, 0.6) is 0 Å². The molecular formula is C12H23N3O4. The van der Waals surface area contributed by atoms with Crippen LogP contribution in [-0.4, -0.2) is 77.4 Å². The van der Waals surface area contributed by atoms with E-state index >= 15 is 0 Å². The van der Waals surface area contributed by atoms with Gasteiger partial charge >= 0.3 is 12.0 Å². The third kappa shape index (κ3) is 5.04. The van der Waals surface area contributed by atoms with Crippen molar-refractivity contribution in [1.82, 2.24) is 15.1 Å². The van der Waals surface area contributed by atoms with E-state index in [2.05, 4.69) is 10.2 Å². The molecule has 1 fully saturated rings. The average Bonchev–Trinajstić information content (AvgIpc) is 2.39. The van der Waals surface area contributed by atoms with Gasteiger partial charge < -0.3 is 20.4 Å². The number of hydrogen-bond donors (Lipinski definition) is 3. The number of aliphatic hydroxyl groups excluding tert-OH is 1. The van der Waals surface area contributed by atoms with Gasteiger partial charge in [0.05, 0.1) is 6.61 Å². The van der Waals surface area contributed by atoms with Crippen LogP contribution in [0.15, 0.2) is 0 Å². The van der Waals surface area contributed by atoms with Gasteiger partial charge in [0, 0.05) is 32.7 Å². The molecule has 1 rings (SSSR count). The van der Waals surface area contributed by atoms with Crippen LogP contribution in [0.3, 0.4) is 0 Å². The van der Waals surface area contributed by atoms with Gasteiger partial charge in [-0.25, -0.2) is 9.59 Å². The summed E-state index contributed by atoms with van der Waals surface area (Å²) in [5, 5.41) is 20.4. The molecule has 0 saturated carbocycles. The SMILES string of the molecule is CCC[C@H](NC(=O)N1CCN(CCO)CC1)C(=O)O. The van der Waals surface area contributed by atoms with Crippen molar-refractivity contribution in [3.8, 4) is 0 Å². The topological polar surface area (TPSA) is 93.1 Å². The highest BCUT2D eigenvalue weighted by molar-refractivity contribution is 5.82. The Morgan fingerprint density at radius 3 is 2.37 bits per heavy atom. The molecule has 1 heterocycles. The number of amides is 2. The Hall–Kier alpha value is -1.34. The minimum Gasteiger partial charge on any atom is -0.480 e. The number of aliphatic hydroxyl groups is 1. The molecule has 0 unspecified atom stereocenters. The first-order valence-corrected chi connectivity index (χ1v) is 6.70. The fraction of sp³-hybridized carbons (Fsp3) is 0.833. The number of carbonyl (C=O) groups excluding carboxylic acids is 1. The molecule has 2 amide bonds. The number of β-amino-alcohol motifs (C(OH)–C–C–N with tert-alkyl or cyclic N) is 1. The predicted octanol–water partition coefficient (Wildman–Crippen LogP) is -0.441. The zero-order valence-corrected chi connectivity index (χ0v) is 11.3. The second kappa shape index (κ2) is 7.96. The van der Waals surface area contributed by atoms with Crippen molar-refractivity contribution < 1.29 is 19.8 Å². The lowest BCUT2D eigenvalue weighted by atomic mass is 10.2. The van der Waals surface area contributed by atoms with E-state index in [-0.39, 0.29) is 12.6 Å². The van der Waals surface area contributed by atoms with E-state index in [0.29, 0.717) is 45.6 Å². The Morgan fingerprint density at radius 1 is 1.26 bits per heavy atom. The molecule has 1 saturated heterocycles. The van der Waals surface area contributed by atoms with Gasteiger partial charge in [-0.05, 0) is 6.42 Å². The fourth-order valence-corrected chi connectivity index (χ4v) is 2.10. The van der Waals surface area contributed by atoms with E-state index in [9.17, 15) is 9.59 Å². The van der Waals surface area contributed by atoms with Crippen LogP contribution in [0, 0.1) is 0 Å². The van der Waals surface area contributed by atoms with Crippen LogP contribution in [0.2, 0.25) is 0 Å². The molecular weight excluding hydrogens is 250 g/mol. The lowest BCUT2D eigenvalue weighted by molar-refractivity contribution is -0.139. The maximum Gasteiger partial charge on any atom is 0.326 e. The van der Waals surface area contributed by atoms with Gasteiger partial charge in [0.2, 0.25) is 0 Å². The minimum absolute atomic E-state index is 0.115. The Bertz CT molecular complexity index is 303. The molecule has 0 bridgehead atoms. The van der Waals surface area contributed by atoms with Crippen LogP contribution in [0.4, 0.5) is 4.79 Å².